The van der Waals surface area contributed by atoms with E-state index in [9.17, 15) is 0 Å². The Kier molecular flexibility index (Phi) is 3.57. The van der Waals surface area contributed by atoms with Gasteiger partial charge < -0.3 is 5.32 Å². The third kappa shape index (κ3) is 3.00. The number of hydrogen-bond donors (Lipinski definition) is 1. The second kappa shape index (κ2) is 5.50. The molecular weight excluding hydrogens is 256 g/mol. The molecule has 2 aromatic heterocycles. The molecule has 3 rings (SSSR count). The Balaban J connectivity index is 1.59. The van der Waals surface area contributed by atoms with Gasteiger partial charge >= 0.3 is 0 Å². The van der Waals surface area contributed by atoms with Gasteiger partial charge in [-0.05, 0) is 41.5 Å². The first-order valence-corrected chi connectivity index (χ1v) is 7.21. The Morgan fingerprint density at radius 2 is 2.32 bits per heavy atom. The van der Waals surface area contributed by atoms with Crippen molar-refractivity contribution in [2.45, 2.75) is 26.1 Å². The minimum absolute atomic E-state index is 0.361. The maximum Gasteiger partial charge on any atom is 0.137 e. The molecule has 5 heteroatoms. The zero-order valence-corrected chi connectivity index (χ0v) is 11.6. The first-order valence-electron chi connectivity index (χ1n) is 6.33. The van der Waals surface area contributed by atoms with Gasteiger partial charge in [-0.1, -0.05) is 6.07 Å². The maximum atomic E-state index is 4.11. The Labute approximate surface area is 116 Å². The van der Waals surface area contributed by atoms with Crippen LogP contribution in [0, 0.1) is 0 Å². The smallest absolute Gasteiger partial charge is 0.137 e. The summed E-state index contributed by atoms with van der Waals surface area (Å²) in [6.07, 6.45) is 3.31. The second-order valence-corrected chi connectivity index (χ2v) is 5.64. The van der Waals surface area contributed by atoms with Gasteiger partial charge in [-0.15, -0.1) is 11.3 Å². The van der Waals surface area contributed by atoms with E-state index in [2.05, 4.69) is 52.0 Å². The normalized spacial score (nSPS) is 12.9. The third-order valence-corrected chi connectivity index (χ3v) is 4.00. The molecule has 0 saturated carbocycles. The highest BCUT2D eigenvalue weighted by atomic mass is 32.1. The van der Waals surface area contributed by atoms with Crippen LogP contribution in [-0.2, 0) is 13.1 Å². The van der Waals surface area contributed by atoms with Crippen molar-refractivity contribution in [2.24, 2.45) is 0 Å². The number of fused-ring (bicyclic) bond motifs is 1. The van der Waals surface area contributed by atoms with Crippen LogP contribution in [-0.4, -0.2) is 20.8 Å². The molecule has 4 nitrogen and oxygen atoms in total. The lowest BCUT2D eigenvalue weighted by Crippen LogP contribution is -2.30. The highest BCUT2D eigenvalue weighted by molar-refractivity contribution is 7.17. The largest absolute Gasteiger partial charge is 0.308 e. The Bertz CT molecular complexity index is 644. The van der Waals surface area contributed by atoms with Gasteiger partial charge in [0.1, 0.15) is 12.7 Å². The lowest BCUT2D eigenvalue weighted by Gasteiger charge is -2.13. The van der Waals surface area contributed by atoms with Crippen LogP contribution in [0.15, 0.2) is 42.3 Å². The number of nitrogens with one attached hydrogen (secondary N) is 1. The predicted molar refractivity (Wildman–Crippen MR) is 78.1 cm³/mol. The Hall–Kier alpha value is -1.72. The molecule has 3 aromatic rings. The fraction of sp³-hybridized carbons (Fsp3) is 0.286. The number of aromatic nitrogens is 3. The van der Waals surface area contributed by atoms with E-state index in [4.69, 9.17) is 0 Å². The number of benzene rings is 1. The molecule has 0 amide bonds. The van der Waals surface area contributed by atoms with Crippen molar-refractivity contribution in [3.63, 3.8) is 0 Å². The van der Waals surface area contributed by atoms with Crippen LogP contribution in [0.1, 0.15) is 12.5 Å². The lowest BCUT2D eigenvalue weighted by atomic mass is 10.1. The first kappa shape index (κ1) is 12.3. The van der Waals surface area contributed by atoms with Gasteiger partial charge in [-0.3, -0.25) is 4.68 Å². The number of nitrogens with zero attached hydrogens (tertiary/aromatic N) is 3. The molecule has 0 fully saturated rings. The molecule has 1 aromatic carbocycles. The van der Waals surface area contributed by atoms with Gasteiger partial charge in [-0.25, -0.2) is 4.98 Å². The summed E-state index contributed by atoms with van der Waals surface area (Å²) in [5, 5.41) is 11.1. The van der Waals surface area contributed by atoms with Crippen LogP contribution in [0.3, 0.4) is 0 Å². The average molecular weight is 272 g/mol. The summed E-state index contributed by atoms with van der Waals surface area (Å²) in [5.74, 6) is 0. The van der Waals surface area contributed by atoms with Crippen molar-refractivity contribution < 1.29 is 0 Å². The van der Waals surface area contributed by atoms with E-state index in [0.29, 0.717) is 6.04 Å². The Morgan fingerprint density at radius 3 is 3.16 bits per heavy atom. The zero-order valence-electron chi connectivity index (χ0n) is 10.8. The van der Waals surface area contributed by atoms with Crippen LogP contribution in [0.2, 0.25) is 0 Å². The van der Waals surface area contributed by atoms with Gasteiger partial charge in [0.2, 0.25) is 0 Å². The van der Waals surface area contributed by atoms with Crippen molar-refractivity contribution in [3.05, 3.63) is 47.9 Å². The van der Waals surface area contributed by atoms with Gasteiger partial charge in [0.05, 0.1) is 6.54 Å². The van der Waals surface area contributed by atoms with Gasteiger partial charge in [0, 0.05) is 17.3 Å². The molecular formula is C14H16N4S. The summed E-state index contributed by atoms with van der Waals surface area (Å²) in [5.41, 5.74) is 1.32. The summed E-state index contributed by atoms with van der Waals surface area (Å²) in [6, 6.07) is 9.16. The standard InChI is InChI=1S/C14H16N4S/c1-11(8-18-10-15-9-17-18)16-7-12-2-3-14-13(6-12)4-5-19-14/h2-6,9-11,16H,7-8H2,1H3/t11-/m1/s1. The first-order chi connectivity index (χ1) is 9.31. The molecule has 98 valence electrons. The van der Waals surface area contributed by atoms with E-state index >= 15 is 0 Å². The summed E-state index contributed by atoms with van der Waals surface area (Å²) in [7, 11) is 0. The second-order valence-electron chi connectivity index (χ2n) is 4.69. The highest BCUT2D eigenvalue weighted by Crippen LogP contribution is 2.21. The van der Waals surface area contributed by atoms with Gasteiger partial charge in [-0.2, -0.15) is 5.10 Å². The molecule has 2 heterocycles. The SMILES string of the molecule is C[C@H](Cn1cncn1)NCc1ccc2sccc2c1. The van der Waals surface area contributed by atoms with E-state index < -0.39 is 0 Å². The Morgan fingerprint density at radius 1 is 1.37 bits per heavy atom. The van der Waals surface area contributed by atoms with Crippen LogP contribution >= 0.6 is 11.3 Å². The molecule has 0 bridgehead atoms. The summed E-state index contributed by atoms with van der Waals surface area (Å²) >= 11 is 1.78. The highest BCUT2D eigenvalue weighted by Gasteiger charge is 2.04. The summed E-state index contributed by atoms with van der Waals surface area (Å²) in [6.45, 7) is 3.87. The summed E-state index contributed by atoms with van der Waals surface area (Å²) < 4.78 is 3.19. The molecule has 0 aliphatic carbocycles. The lowest BCUT2D eigenvalue weighted by molar-refractivity contribution is 0.450. The fourth-order valence-corrected chi connectivity index (χ4v) is 2.86. The molecule has 0 radical (unpaired) electrons. The van der Waals surface area contributed by atoms with Crippen LogP contribution in [0.4, 0.5) is 0 Å². The minimum atomic E-state index is 0.361. The average Bonchev–Trinajstić information content (AvgIpc) is 3.06. The molecule has 0 spiro atoms. The van der Waals surface area contributed by atoms with Crippen LogP contribution < -0.4 is 5.32 Å². The molecule has 0 saturated heterocycles. The van der Waals surface area contributed by atoms with Gasteiger partial charge in [0.15, 0.2) is 0 Å². The van der Waals surface area contributed by atoms with Crippen molar-refractivity contribution in [1.29, 1.82) is 0 Å². The minimum Gasteiger partial charge on any atom is -0.308 e. The fourth-order valence-electron chi connectivity index (χ4n) is 2.09. The monoisotopic (exact) mass is 272 g/mol. The van der Waals surface area contributed by atoms with Crippen molar-refractivity contribution >= 4 is 21.4 Å². The number of rotatable bonds is 5. The molecule has 0 aliphatic rings. The predicted octanol–water partition coefficient (Wildman–Crippen LogP) is 2.67. The molecule has 1 N–H and O–H groups in total. The molecule has 0 aliphatic heterocycles. The third-order valence-electron chi connectivity index (χ3n) is 3.10. The van der Waals surface area contributed by atoms with Crippen molar-refractivity contribution in [2.75, 3.05) is 0 Å². The number of hydrogen-bond acceptors (Lipinski definition) is 4. The van der Waals surface area contributed by atoms with E-state index in [1.807, 2.05) is 4.68 Å². The molecule has 1 atom stereocenters. The van der Waals surface area contributed by atoms with Crippen LogP contribution in [0.25, 0.3) is 10.1 Å². The van der Waals surface area contributed by atoms with E-state index in [-0.39, 0.29) is 0 Å². The number of thiophene rings is 1. The van der Waals surface area contributed by atoms with Crippen molar-refractivity contribution in [1.82, 2.24) is 20.1 Å². The molecule has 0 unspecified atom stereocenters. The van der Waals surface area contributed by atoms with Gasteiger partial charge in [0.25, 0.3) is 0 Å². The zero-order chi connectivity index (χ0) is 13.1. The summed E-state index contributed by atoms with van der Waals surface area (Å²) in [4.78, 5) is 3.95. The van der Waals surface area contributed by atoms with Crippen molar-refractivity contribution in [3.8, 4) is 0 Å². The topological polar surface area (TPSA) is 42.7 Å². The van der Waals surface area contributed by atoms with Crippen LogP contribution in [0.5, 0.6) is 0 Å². The maximum absolute atomic E-state index is 4.11. The molecule has 19 heavy (non-hydrogen) atoms. The van der Waals surface area contributed by atoms with E-state index in [1.54, 1.807) is 24.0 Å². The quantitative estimate of drug-likeness (QED) is 0.776. The van der Waals surface area contributed by atoms with E-state index in [0.717, 1.165) is 13.1 Å². The van der Waals surface area contributed by atoms with E-state index in [1.165, 1.54) is 15.6 Å².